The molecule has 1 amide bonds. The number of pyridine rings is 1. The van der Waals surface area contributed by atoms with Gasteiger partial charge in [-0.3, -0.25) is 14.2 Å². The van der Waals surface area contributed by atoms with E-state index < -0.39 is 16.6 Å². The van der Waals surface area contributed by atoms with E-state index >= 15 is 0 Å². The minimum absolute atomic E-state index is 0.0217. The minimum Gasteiger partial charge on any atom is -0.339 e. The molecule has 5 rings (SSSR count). The second-order valence-electron chi connectivity index (χ2n) is 11.8. The van der Waals surface area contributed by atoms with Crippen LogP contribution in [0.15, 0.2) is 53.3 Å². The molecule has 0 atom stereocenters. The molecule has 2 aromatic carbocycles. The predicted octanol–water partition coefficient (Wildman–Crippen LogP) is 9.25. The zero-order valence-corrected chi connectivity index (χ0v) is 27.5. The van der Waals surface area contributed by atoms with Crippen molar-refractivity contribution in [1.29, 1.82) is 0 Å². The number of alkyl halides is 3. The van der Waals surface area contributed by atoms with E-state index in [2.05, 4.69) is 4.98 Å². The molecule has 10 heteroatoms. The largest absolute Gasteiger partial charge is 0.427 e. The van der Waals surface area contributed by atoms with Gasteiger partial charge in [-0.2, -0.15) is 13.2 Å². The van der Waals surface area contributed by atoms with Gasteiger partial charge in [0.2, 0.25) is 0 Å². The third-order valence-corrected chi connectivity index (χ3v) is 9.58. The molecule has 0 aliphatic carbocycles. The van der Waals surface area contributed by atoms with Crippen LogP contribution >= 0.6 is 22.9 Å². The van der Waals surface area contributed by atoms with Crippen LogP contribution in [0.25, 0.3) is 27.5 Å². The van der Waals surface area contributed by atoms with Crippen molar-refractivity contribution in [2.24, 2.45) is 5.92 Å². The molecule has 1 aliphatic heterocycles. The lowest BCUT2D eigenvalue weighted by Gasteiger charge is -2.29. The molecule has 4 aromatic rings. The normalized spacial score (nSPS) is 13.9. The van der Waals surface area contributed by atoms with Crippen LogP contribution < -0.4 is 5.56 Å². The summed E-state index contributed by atoms with van der Waals surface area (Å²) in [7, 11) is 0. The molecule has 0 radical (unpaired) electrons. The second kappa shape index (κ2) is 13.5. The summed E-state index contributed by atoms with van der Waals surface area (Å²) in [5.74, 6) is -0.112. The fraction of sp³-hybridized carbons (Fsp3) is 0.400. The summed E-state index contributed by atoms with van der Waals surface area (Å²) >= 11 is 6.44. The Morgan fingerprint density at radius 3 is 2.18 bits per heavy atom. The number of hydrogen-bond donors (Lipinski definition) is 0. The van der Waals surface area contributed by atoms with E-state index in [1.165, 1.54) is 30.3 Å². The second-order valence-corrected chi connectivity index (χ2v) is 13.3. The number of carbonyl (C=O) groups is 1. The van der Waals surface area contributed by atoms with Crippen LogP contribution in [-0.4, -0.2) is 33.4 Å². The number of carbonyl (C=O) groups excluding carboxylic acids is 1. The number of aryl methyl sites for hydroxylation is 2. The average Bonchev–Trinajstić information content (AvgIpc) is 3.47. The molecule has 2 aromatic heterocycles. The minimum atomic E-state index is -4.71. The van der Waals surface area contributed by atoms with Gasteiger partial charge in [-0.25, -0.2) is 4.98 Å². The summed E-state index contributed by atoms with van der Waals surface area (Å²) in [4.78, 5) is 34.3. The first-order valence-corrected chi connectivity index (χ1v) is 16.7. The number of hydrogen-bond acceptors (Lipinski definition) is 4. The number of piperidine rings is 1. The van der Waals surface area contributed by atoms with Gasteiger partial charge in [0.05, 0.1) is 22.5 Å². The van der Waals surface area contributed by atoms with Crippen molar-refractivity contribution in [1.82, 2.24) is 14.5 Å². The molecule has 0 spiro atoms. The first-order chi connectivity index (χ1) is 21.4. The molecular weight excluding hydrogens is 619 g/mol. The molecule has 0 unspecified atom stereocenters. The molecule has 45 heavy (non-hydrogen) atoms. The van der Waals surface area contributed by atoms with Crippen molar-refractivity contribution in [2.45, 2.75) is 72.4 Å². The molecule has 1 fully saturated rings. The molecule has 5 nitrogen and oxygen atoms in total. The molecule has 0 bridgehead atoms. The van der Waals surface area contributed by atoms with Crippen LogP contribution in [0.4, 0.5) is 13.2 Å². The Kier molecular flexibility index (Phi) is 9.89. The number of amides is 1. The van der Waals surface area contributed by atoms with E-state index in [1.807, 2.05) is 45.9 Å². The summed E-state index contributed by atoms with van der Waals surface area (Å²) < 4.78 is 44.9. The summed E-state index contributed by atoms with van der Waals surface area (Å²) in [6.45, 7) is 9.25. The molecule has 3 heterocycles. The van der Waals surface area contributed by atoms with E-state index in [0.717, 1.165) is 30.4 Å². The van der Waals surface area contributed by atoms with Gasteiger partial charge in [0, 0.05) is 29.4 Å². The van der Waals surface area contributed by atoms with Crippen molar-refractivity contribution in [2.75, 3.05) is 13.1 Å². The highest BCUT2D eigenvalue weighted by Crippen LogP contribution is 2.43. The number of rotatable bonds is 8. The Balaban J connectivity index is 1.87. The van der Waals surface area contributed by atoms with Crippen molar-refractivity contribution < 1.29 is 18.0 Å². The SMILES string of the molecule is CCc1cccc(CC)c1-n1c(CC(C)C)c(C(=O)N2CCCCC2)cc(-c2nc(-c3ccc(Cl)cc3)c(C(F)(F)F)s2)c1=O. The van der Waals surface area contributed by atoms with Crippen LogP contribution in [0.2, 0.25) is 5.02 Å². The zero-order valence-electron chi connectivity index (χ0n) is 25.9. The number of likely N-dealkylation sites (tertiary alicyclic amines) is 1. The van der Waals surface area contributed by atoms with Gasteiger partial charge in [-0.1, -0.05) is 69.6 Å². The van der Waals surface area contributed by atoms with Crippen LogP contribution in [0.3, 0.4) is 0 Å². The van der Waals surface area contributed by atoms with Gasteiger partial charge >= 0.3 is 6.18 Å². The average molecular weight is 656 g/mol. The molecule has 0 N–H and O–H groups in total. The van der Waals surface area contributed by atoms with Crippen LogP contribution in [-0.2, 0) is 25.4 Å². The number of halogens is 4. The van der Waals surface area contributed by atoms with E-state index in [0.29, 0.717) is 65.7 Å². The lowest BCUT2D eigenvalue weighted by Crippen LogP contribution is -2.38. The summed E-state index contributed by atoms with van der Waals surface area (Å²) in [6, 6.07) is 13.4. The Morgan fingerprint density at radius 1 is 1.00 bits per heavy atom. The molecule has 1 saturated heterocycles. The van der Waals surface area contributed by atoms with Crippen LogP contribution in [0.1, 0.15) is 79.0 Å². The lowest BCUT2D eigenvalue weighted by atomic mass is 9.96. The number of benzene rings is 2. The number of aromatic nitrogens is 2. The number of para-hydroxylation sites is 1. The van der Waals surface area contributed by atoms with Crippen molar-refractivity contribution in [3.05, 3.63) is 91.2 Å². The summed E-state index contributed by atoms with van der Waals surface area (Å²) in [5.41, 5.74) is 2.92. The molecule has 238 valence electrons. The molecular formula is C35H37ClF3N3O2S. The highest BCUT2D eigenvalue weighted by molar-refractivity contribution is 7.15. The highest BCUT2D eigenvalue weighted by atomic mass is 35.5. The first-order valence-electron chi connectivity index (χ1n) is 15.5. The Bertz CT molecular complexity index is 1730. The molecule has 1 aliphatic rings. The fourth-order valence-electron chi connectivity index (χ4n) is 6.02. The van der Waals surface area contributed by atoms with Gasteiger partial charge < -0.3 is 4.90 Å². The maximum atomic E-state index is 14.7. The monoisotopic (exact) mass is 655 g/mol. The zero-order chi connectivity index (χ0) is 32.5. The topological polar surface area (TPSA) is 55.2 Å². The lowest BCUT2D eigenvalue weighted by molar-refractivity contribution is -0.134. The molecule has 0 saturated carbocycles. The smallest absolute Gasteiger partial charge is 0.339 e. The standard InChI is InChI=1S/C35H37ClF3N3O2S/c1-5-22-11-10-12-23(6-2)30(22)42-28(19-21(3)4)26(33(43)41-17-8-7-9-18-41)20-27(34(42)44)32-40-29(31(45-32)35(37,38)39)24-13-15-25(36)16-14-24/h10-16,20-21H,5-9,17-19H2,1-4H3. The van der Waals surface area contributed by atoms with Crippen molar-refractivity contribution in [3.8, 4) is 27.5 Å². The van der Waals surface area contributed by atoms with E-state index in [4.69, 9.17) is 11.6 Å². The van der Waals surface area contributed by atoms with Crippen LogP contribution in [0, 0.1) is 5.92 Å². The Hall–Kier alpha value is -3.43. The van der Waals surface area contributed by atoms with Gasteiger partial charge in [0.15, 0.2) is 0 Å². The maximum absolute atomic E-state index is 14.7. The predicted molar refractivity (Wildman–Crippen MR) is 176 cm³/mol. The Labute approximate surface area is 270 Å². The number of nitrogens with zero attached hydrogens (tertiary/aromatic N) is 3. The Morgan fingerprint density at radius 2 is 1.62 bits per heavy atom. The van der Waals surface area contributed by atoms with E-state index in [9.17, 15) is 22.8 Å². The first kappa shape index (κ1) is 32.9. The van der Waals surface area contributed by atoms with Crippen LogP contribution in [0.5, 0.6) is 0 Å². The maximum Gasteiger partial charge on any atom is 0.427 e. The highest BCUT2D eigenvalue weighted by Gasteiger charge is 2.38. The quantitative estimate of drug-likeness (QED) is 0.190. The summed E-state index contributed by atoms with van der Waals surface area (Å²) in [5, 5.41) is 0.301. The summed E-state index contributed by atoms with van der Waals surface area (Å²) in [6.07, 6.45) is -0.223. The van der Waals surface area contributed by atoms with E-state index in [1.54, 1.807) is 9.47 Å². The van der Waals surface area contributed by atoms with Crippen molar-refractivity contribution in [3.63, 3.8) is 0 Å². The van der Waals surface area contributed by atoms with Gasteiger partial charge in [0.1, 0.15) is 9.88 Å². The third kappa shape index (κ3) is 6.75. The van der Waals surface area contributed by atoms with E-state index in [-0.39, 0.29) is 33.7 Å². The number of thiazole rings is 1. The van der Waals surface area contributed by atoms with Gasteiger partial charge in [-0.15, -0.1) is 11.3 Å². The third-order valence-electron chi connectivity index (χ3n) is 8.20. The van der Waals surface area contributed by atoms with Gasteiger partial charge in [0.25, 0.3) is 11.5 Å². The van der Waals surface area contributed by atoms with Crippen molar-refractivity contribution >= 4 is 28.8 Å². The van der Waals surface area contributed by atoms with Gasteiger partial charge in [-0.05, 0) is 73.8 Å². The fourth-order valence-corrected chi connectivity index (χ4v) is 7.10.